The molecule has 53 heavy (non-hydrogen) atoms. The average Bonchev–Trinajstić information content (AvgIpc) is 4.01. The first-order valence-electron chi connectivity index (χ1n) is 16.0. The smallest absolute Gasteiger partial charge is 0.337 e. The molecule has 0 fully saturated rings. The second-order valence-electron chi connectivity index (χ2n) is 11.9. The van der Waals surface area contributed by atoms with E-state index in [1.165, 1.54) is 16.2 Å². The Morgan fingerprint density at radius 3 is 2.43 bits per heavy atom. The number of carbonyl (C=O) groups excluding carboxylic acids is 1. The van der Waals surface area contributed by atoms with Crippen LogP contribution in [-0.2, 0) is 17.8 Å². The van der Waals surface area contributed by atoms with E-state index in [0.29, 0.717) is 45.1 Å². The van der Waals surface area contributed by atoms with Crippen LogP contribution in [-0.4, -0.2) is 81.9 Å². The van der Waals surface area contributed by atoms with Gasteiger partial charge in [0.15, 0.2) is 40.4 Å². The van der Waals surface area contributed by atoms with E-state index in [0.717, 1.165) is 5.65 Å². The lowest BCUT2D eigenvalue weighted by atomic mass is 10.1. The van der Waals surface area contributed by atoms with Gasteiger partial charge in [-0.25, -0.2) is 39.3 Å². The number of nitrogens with one attached hydrogen (secondary N) is 5. The molecule has 0 bridgehead atoms. The monoisotopic (exact) mass is 710 g/mol. The minimum absolute atomic E-state index is 0.0673. The number of esters is 1. The van der Waals surface area contributed by atoms with E-state index in [1.807, 2.05) is 35.0 Å². The molecule has 9 rings (SSSR count). The van der Waals surface area contributed by atoms with Crippen molar-refractivity contribution >= 4 is 51.4 Å². The van der Waals surface area contributed by atoms with Crippen LogP contribution in [0.5, 0.6) is 0 Å². The van der Waals surface area contributed by atoms with E-state index in [1.54, 1.807) is 42.6 Å². The van der Waals surface area contributed by atoms with Crippen LogP contribution in [0.25, 0.3) is 51.0 Å². The Kier molecular flexibility index (Phi) is 7.13. The molecule has 8 aromatic heterocycles. The molecule has 9 aromatic rings. The fourth-order valence-electron chi connectivity index (χ4n) is 6.03. The Morgan fingerprint density at radius 2 is 1.64 bits per heavy atom. The number of hydrogen-bond donors (Lipinski definition) is 6. The van der Waals surface area contributed by atoms with Crippen LogP contribution in [0.4, 0.5) is 17.5 Å². The third kappa shape index (κ3) is 5.51. The van der Waals surface area contributed by atoms with E-state index in [9.17, 15) is 14.4 Å². The number of nitrogen functional groups attached to an aromatic ring is 1. The SMILES string of the molecule is COC(=O)c1cccc(Cn2c(=O)[nH]c3c(Nc4cc(-c5nc(N)c6[nH]c(=O)n(Cc7cn8ccccc8n7)c6n5)[nH]n4)nc(-c4ccn[nH]4)nc32)c1. The van der Waals surface area contributed by atoms with Crippen molar-refractivity contribution in [2.75, 3.05) is 18.2 Å². The van der Waals surface area contributed by atoms with E-state index in [4.69, 9.17) is 10.5 Å². The molecule has 0 saturated carbocycles. The molecule has 0 aliphatic carbocycles. The number of imidazole rings is 3. The lowest BCUT2D eigenvalue weighted by Gasteiger charge is -2.08. The number of rotatable bonds is 9. The van der Waals surface area contributed by atoms with Crippen molar-refractivity contribution in [2.24, 2.45) is 0 Å². The minimum atomic E-state index is -0.495. The number of methoxy groups -OCH3 is 1. The van der Waals surface area contributed by atoms with Crippen molar-refractivity contribution < 1.29 is 9.53 Å². The van der Waals surface area contributed by atoms with Gasteiger partial charge in [-0.1, -0.05) is 18.2 Å². The Bertz CT molecular complexity index is 2930. The van der Waals surface area contributed by atoms with Gasteiger partial charge in [0.05, 0.1) is 31.5 Å². The van der Waals surface area contributed by atoms with Gasteiger partial charge in [-0.15, -0.1) is 0 Å². The second-order valence-corrected chi connectivity index (χ2v) is 11.9. The highest BCUT2D eigenvalue weighted by Crippen LogP contribution is 2.27. The molecule has 0 spiro atoms. The number of anilines is 3. The van der Waals surface area contributed by atoms with Crippen molar-refractivity contribution in [1.29, 1.82) is 0 Å². The van der Waals surface area contributed by atoms with Crippen LogP contribution in [0.3, 0.4) is 0 Å². The first-order valence-corrected chi connectivity index (χ1v) is 16.0. The van der Waals surface area contributed by atoms with E-state index in [-0.39, 0.29) is 47.7 Å². The maximum atomic E-state index is 13.4. The van der Waals surface area contributed by atoms with E-state index >= 15 is 0 Å². The summed E-state index contributed by atoms with van der Waals surface area (Å²) in [7, 11) is 1.30. The van der Waals surface area contributed by atoms with E-state index < -0.39 is 17.3 Å². The van der Waals surface area contributed by atoms with Crippen LogP contribution in [0.1, 0.15) is 21.6 Å². The summed E-state index contributed by atoms with van der Waals surface area (Å²) in [5, 5.41) is 17.3. The first kappa shape index (κ1) is 31.1. The highest BCUT2D eigenvalue weighted by molar-refractivity contribution is 5.90. The topological polar surface area (TPSA) is 266 Å². The fraction of sp³-hybridized carbons (Fsp3) is 0.0909. The Hall–Kier alpha value is -7.90. The third-order valence-electron chi connectivity index (χ3n) is 8.50. The van der Waals surface area contributed by atoms with Crippen LogP contribution in [0, 0.1) is 0 Å². The lowest BCUT2D eigenvalue weighted by molar-refractivity contribution is 0.0600. The Morgan fingerprint density at radius 1 is 0.849 bits per heavy atom. The second kappa shape index (κ2) is 12.2. The molecule has 0 aliphatic rings. The molecule has 0 saturated heterocycles. The van der Waals surface area contributed by atoms with Gasteiger partial charge in [-0.2, -0.15) is 10.2 Å². The van der Waals surface area contributed by atoms with Crippen molar-refractivity contribution in [3.05, 3.63) is 111 Å². The number of benzene rings is 1. The molecular weight excluding hydrogens is 684 g/mol. The molecule has 0 aliphatic heterocycles. The molecular formula is C33H26N16O4. The van der Waals surface area contributed by atoms with Gasteiger partial charge in [0.1, 0.15) is 28.1 Å². The predicted molar refractivity (Wildman–Crippen MR) is 190 cm³/mol. The zero-order valence-electron chi connectivity index (χ0n) is 27.5. The maximum Gasteiger partial charge on any atom is 0.337 e. The number of ether oxygens (including phenoxy) is 1. The Balaban J connectivity index is 1.07. The number of aromatic nitrogens is 14. The van der Waals surface area contributed by atoms with Gasteiger partial charge < -0.3 is 30.2 Å². The normalized spacial score (nSPS) is 11.6. The zero-order valence-corrected chi connectivity index (χ0v) is 27.5. The predicted octanol–water partition coefficient (Wildman–Crippen LogP) is 2.19. The molecule has 262 valence electrons. The molecule has 0 atom stereocenters. The van der Waals surface area contributed by atoms with E-state index in [2.05, 4.69) is 60.6 Å². The quantitative estimate of drug-likeness (QED) is 0.117. The standard InChI is InChI=1S/C33H26N16O4/c1-53-31(50)17-6-4-5-16(11-17)13-48-30-24(39-33(48)52)28(41-26(42-30)19-8-9-35-44-19)37-21-12-20(45-46-21)27-40-25(34)23-29(43-27)49(32(51)38-23)15-18-14-47-10-3-2-7-22(47)36-18/h2-12,14H,13,15H2,1H3,(H,35,44)(H,38,51)(H,39,52)(H2,34,40,43)(H2,37,41,42,45,46). The summed E-state index contributed by atoms with van der Waals surface area (Å²) in [5.41, 5.74) is 9.89. The molecule has 0 amide bonds. The summed E-state index contributed by atoms with van der Waals surface area (Å²) in [6.45, 7) is 0.237. The van der Waals surface area contributed by atoms with Gasteiger partial charge in [0.25, 0.3) is 0 Å². The number of nitrogens with two attached hydrogens (primary N) is 1. The average molecular weight is 711 g/mol. The molecule has 20 heteroatoms. The van der Waals surface area contributed by atoms with Crippen LogP contribution in [0.2, 0.25) is 0 Å². The maximum absolute atomic E-state index is 13.4. The van der Waals surface area contributed by atoms with Crippen molar-refractivity contribution in [3.63, 3.8) is 0 Å². The molecule has 20 nitrogen and oxygen atoms in total. The number of carbonyl (C=O) groups is 1. The van der Waals surface area contributed by atoms with Crippen molar-refractivity contribution in [3.8, 4) is 23.0 Å². The first-order chi connectivity index (χ1) is 25.8. The van der Waals surface area contributed by atoms with Gasteiger partial charge in [0.2, 0.25) is 0 Å². The number of H-pyrrole nitrogens is 4. The van der Waals surface area contributed by atoms with Crippen LogP contribution < -0.4 is 22.4 Å². The highest BCUT2D eigenvalue weighted by Gasteiger charge is 2.21. The highest BCUT2D eigenvalue weighted by atomic mass is 16.5. The van der Waals surface area contributed by atoms with Crippen LogP contribution in [0.15, 0.2) is 82.8 Å². The molecule has 0 unspecified atom stereocenters. The minimum Gasteiger partial charge on any atom is -0.465 e. The Labute approximate surface area is 294 Å². The summed E-state index contributed by atoms with van der Waals surface area (Å²) in [6, 6.07) is 15.7. The third-order valence-corrected chi connectivity index (χ3v) is 8.50. The molecule has 8 heterocycles. The number of fused-ring (bicyclic) bond motifs is 3. The number of nitrogens with zero attached hydrogens (tertiary/aromatic N) is 10. The summed E-state index contributed by atoms with van der Waals surface area (Å²) in [4.78, 5) is 67.1. The number of hydrogen-bond acceptors (Lipinski definition) is 13. The molecule has 0 radical (unpaired) electrons. The van der Waals surface area contributed by atoms with Crippen LogP contribution >= 0.6 is 0 Å². The van der Waals surface area contributed by atoms with Gasteiger partial charge >= 0.3 is 17.3 Å². The largest absolute Gasteiger partial charge is 0.465 e. The summed E-state index contributed by atoms with van der Waals surface area (Å²) < 4.78 is 9.59. The summed E-state index contributed by atoms with van der Waals surface area (Å²) in [5.74, 6) is 0.538. The molecule has 1 aromatic carbocycles. The number of aromatic amines is 4. The fourth-order valence-corrected chi connectivity index (χ4v) is 6.03. The number of pyridine rings is 1. The molecule has 7 N–H and O–H groups in total. The zero-order chi connectivity index (χ0) is 36.2. The van der Waals surface area contributed by atoms with Crippen molar-refractivity contribution in [1.82, 2.24) is 68.8 Å². The van der Waals surface area contributed by atoms with Crippen molar-refractivity contribution in [2.45, 2.75) is 13.1 Å². The van der Waals surface area contributed by atoms with Gasteiger partial charge in [-0.3, -0.25) is 19.3 Å². The van der Waals surface area contributed by atoms with Gasteiger partial charge in [0, 0.05) is 24.7 Å². The summed E-state index contributed by atoms with van der Waals surface area (Å²) >= 11 is 0. The summed E-state index contributed by atoms with van der Waals surface area (Å²) in [6.07, 6.45) is 5.27. The lowest BCUT2D eigenvalue weighted by Crippen LogP contribution is -2.18. The van der Waals surface area contributed by atoms with Gasteiger partial charge in [-0.05, 0) is 35.9 Å².